The van der Waals surface area contributed by atoms with E-state index in [9.17, 15) is 0 Å². The number of aryl methyl sites for hydroxylation is 2. The Kier molecular flexibility index (Phi) is 3.92. The van der Waals surface area contributed by atoms with Crippen LogP contribution in [0.1, 0.15) is 16.7 Å². The Morgan fingerprint density at radius 1 is 1.11 bits per heavy atom. The fourth-order valence-corrected chi connectivity index (χ4v) is 2.25. The highest BCUT2D eigenvalue weighted by Crippen LogP contribution is 2.24. The molecule has 0 aromatic heterocycles. The lowest BCUT2D eigenvalue weighted by Crippen LogP contribution is -2.04. The average Bonchev–Trinajstić information content (AvgIpc) is 2.34. The summed E-state index contributed by atoms with van der Waals surface area (Å²) in [4.78, 5) is 0. The lowest BCUT2D eigenvalue weighted by molar-refractivity contribution is 1.13. The molecule has 0 spiro atoms. The molecule has 94 valence electrons. The van der Waals surface area contributed by atoms with Gasteiger partial charge >= 0.3 is 0 Å². The molecule has 3 N–H and O–H groups in total. The van der Waals surface area contributed by atoms with E-state index in [1.54, 1.807) is 0 Å². The first-order valence-electron chi connectivity index (χ1n) is 5.92. The summed E-state index contributed by atoms with van der Waals surface area (Å²) in [5, 5.41) is 3.38. The molecular formula is C15H17BrN2. The molecule has 0 aliphatic heterocycles. The molecule has 0 saturated heterocycles. The molecule has 0 atom stereocenters. The highest BCUT2D eigenvalue weighted by Gasteiger charge is 2.03. The van der Waals surface area contributed by atoms with Crippen molar-refractivity contribution in [2.45, 2.75) is 20.4 Å². The van der Waals surface area contributed by atoms with Crippen molar-refractivity contribution >= 4 is 27.3 Å². The largest absolute Gasteiger partial charge is 0.397 e. The number of hydrogen-bond donors (Lipinski definition) is 2. The molecule has 3 heteroatoms. The molecule has 0 aliphatic rings. The lowest BCUT2D eigenvalue weighted by atomic mass is 10.1. The molecule has 0 aliphatic carbocycles. The molecule has 0 radical (unpaired) electrons. The Balaban J connectivity index is 2.16. The monoisotopic (exact) mass is 304 g/mol. The van der Waals surface area contributed by atoms with Crippen LogP contribution < -0.4 is 11.1 Å². The van der Waals surface area contributed by atoms with E-state index in [1.165, 1.54) is 16.7 Å². The van der Waals surface area contributed by atoms with Crippen LogP contribution in [-0.4, -0.2) is 0 Å². The summed E-state index contributed by atoms with van der Waals surface area (Å²) in [6.45, 7) is 4.93. The smallest absolute Gasteiger partial charge is 0.0579 e. The lowest BCUT2D eigenvalue weighted by Gasteiger charge is -2.13. The van der Waals surface area contributed by atoms with Gasteiger partial charge in [0, 0.05) is 11.0 Å². The fourth-order valence-electron chi connectivity index (χ4n) is 1.82. The predicted molar refractivity (Wildman–Crippen MR) is 81.8 cm³/mol. The SMILES string of the molecule is Cc1cc(N)c(NCc2ccccc2Br)cc1C. The third-order valence-corrected chi connectivity index (χ3v) is 3.87. The number of nitrogens with two attached hydrogens (primary N) is 1. The quantitative estimate of drug-likeness (QED) is 0.832. The zero-order valence-electron chi connectivity index (χ0n) is 10.6. The second kappa shape index (κ2) is 5.44. The van der Waals surface area contributed by atoms with Crippen LogP contribution >= 0.6 is 15.9 Å². The average molecular weight is 305 g/mol. The first kappa shape index (κ1) is 13.0. The summed E-state index contributed by atoms with van der Waals surface area (Å²) in [5.41, 5.74) is 11.5. The Hall–Kier alpha value is -1.48. The van der Waals surface area contributed by atoms with E-state index in [0.29, 0.717) is 0 Å². The summed E-state index contributed by atoms with van der Waals surface area (Å²) in [6, 6.07) is 12.3. The zero-order valence-corrected chi connectivity index (χ0v) is 12.2. The normalized spacial score (nSPS) is 10.4. The minimum absolute atomic E-state index is 0.758. The van der Waals surface area contributed by atoms with Gasteiger partial charge in [0.1, 0.15) is 0 Å². The second-order valence-corrected chi connectivity index (χ2v) is 5.32. The van der Waals surface area contributed by atoms with Gasteiger partial charge in [0.25, 0.3) is 0 Å². The second-order valence-electron chi connectivity index (χ2n) is 4.47. The van der Waals surface area contributed by atoms with Crippen LogP contribution in [0, 0.1) is 13.8 Å². The minimum atomic E-state index is 0.758. The maximum atomic E-state index is 6.02. The molecule has 2 aromatic rings. The summed E-state index contributed by atoms with van der Waals surface area (Å²) >= 11 is 3.54. The van der Waals surface area contributed by atoms with Gasteiger partial charge in [-0.2, -0.15) is 0 Å². The Morgan fingerprint density at radius 2 is 1.78 bits per heavy atom. The zero-order chi connectivity index (χ0) is 13.1. The molecule has 18 heavy (non-hydrogen) atoms. The number of hydrogen-bond acceptors (Lipinski definition) is 2. The molecule has 2 rings (SSSR count). The van der Waals surface area contributed by atoms with Crippen molar-refractivity contribution in [2.75, 3.05) is 11.1 Å². The predicted octanol–water partition coefficient (Wildman–Crippen LogP) is 4.26. The number of nitrogen functional groups attached to an aromatic ring is 1. The summed E-state index contributed by atoms with van der Waals surface area (Å²) in [7, 11) is 0. The maximum Gasteiger partial charge on any atom is 0.0579 e. The van der Waals surface area contributed by atoms with Gasteiger partial charge in [-0.15, -0.1) is 0 Å². The topological polar surface area (TPSA) is 38.0 Å². The molecule has 0 fully saturated rings. The number of anilines is 2. The molecule has 2 nitrogen and oxygen atoms in total. The fraction of sp³-hybridized carbons (Fsp3) is 0.200. The van der Waals surface area contributed by atoms with Crippen molar-refractivity contribution in [3.8, 4) is 0 Å². The van der Waals surface area contributed by atoms with Crippen molar-refractivity contribution < 1.29 is 0 Å². The van der Waals surface area contributed by atoms with Gasteiger partial charge < -0.3 is 11.1 Å². The number of benzene rings is 2. The van der Waals surface area contributed by atoms with E-state index in [-0.39, 0.29) is 0 Å². The van der Waals surface area contributed by atoms with Crippen LogP contribution in [0.15, 0.2) is 40.9 Å². The van der Waals surface area contributed by atoms with E-state index in [4.69, 9.17) is 5.73 Å². The van der Waals surface area contributed by atoms with E-state index < -0.39 is 0 Å². The Bertz CT molecular complexity index is 564. The summed E-state index contributed by atoms with van der Waals surface area (Å²) in [5.74, 6) is 0. The van der Waals surface area contributed by atoms with Gasteiger partial charge in [-0.05, 0) is 48.7 Å². The van der Waals surface area contributed by atoms with Crippen molar-refractivity contribution in [3.05, 3.63) is 57.6 Å². The first-order valence-corrected chi connectivity index (χ1v) is 6.71. The van der Waals surface area contributed by atoms with Gasteiger partial charge in [-0.3, -0.25) is 0 Å². The first-order chi connectivity index (χ1) is 8.58. The van der Waals surface area contributed by atoms with Gasteiger partial charge in [-0.25, -0.2) is 0 Å². The molecule has 2 aromatic carbocycles. The van der Waals surface area contributed by atoms with E-state index in [1.807, 2.05) is 24.3 Å². The Morgan fingerprint density at radius 3 is 2.50 bits per heavy atom. The highest BCUT2D eigenvalue weighted by molar-refractivity contribution is 9.10. The van der Waals surface area contributed by atoms with E-state index in [2.05, 4.69) is 47.2 Å². The van der Waals surface area contributed by atoms with Gasteiger partial charge in [0.15, 0.2) is 0 Å². The molecule has 0 bridgehead atoms. The van der Waals surface area contributed by atoms with Gasteiger partial charge in [0.05, 0.1) is 11.4 Å². The van der Waals surface area contributed by atoms with Crippen LogP contribution in [0.3, 0.4) is 0 Å². The van der Waals surface area contributed by atoms with Crippen LogP contribution in [0.25, 0.3) is 0 Å². The van der Waals surface area contributed by atoms with E-state index >= 15 is 0 Å². The van der Waals surface area contributed by atoms with E-state index in [0.717, 1.165) is 22.4 Å². The molecule has 0 saturated carbocycles. The standard InChI is InChI=1S/C15H17BrN2/c1-10-7-14(17)15(8-11(10)2)18-9-12-5-3-4-6-13(12)16/h3-8,18H,9,17H2,1-2H3. The minimum Gasteiger partial charge on any atom is -0.397 e. The molecule has 0 heterocycles. The molecule has 0 unspecified atom stereocenters. The number of rotatable bonds is 3. The Labute approximate surface area is 116 Å². The summed E-state index contributed by atoms with van der Waals surface area (Å²) in [6.07, 6.45) is 0. The maximum absolute atomic E-state index is 6.02. The molecular weight excluding hydrogens is 288 g/mol. The summed E-state index contributed by atoms with van der Waals surface area (Å²) < 4.78 is 1.11. The highest BCUT2D eigenvalue weighted by atomic mass is 79.9. The van der Waals surface area contributed by atoms with Crippen LogP contribution in [0.4, 0.5) is 11.4 Å². The third-order valence-electron chi connectivity index (χ3n) is 3.09. The van der Waals surface area contributed by atoms with Crippen molar-refractivity contribution in [1.29, 1.82) is 0 Å². The van der Waals surface area contributed by atoms with Gasteiger partial charge in [-0.1, -0.05) is 34.1 Å². The van der Waals surface area contributed by atoms with Crippen molar-refractivity contribution in [1.82, 2.24) is 0 Å². The van der Waals surface area contributed by atoms with Crippen molar-refractivity contribution in [3.63, 3.8) is 0 Å². The molecule has 0 amide bonds. The van der Waals surface area contributed by atoms with Crippen molar-refractivity contribution in [2.24, 2.45) is 0 Å². The van der Waals surface area contributed by atoms with Gasteiger partial charge in [0.2, 0.25) is 0 Å². The van der Waals surface area contributed by atoms with Crippen LogP contribution in [-0.2, 0) is 6.54 Å². The number of halogens is 1. The number of nitrogens with one attached hydrogen (secondary N) is 1. The van der Waals surface area contributed by atoms with Crippen LogP contribution in [0.2, 0.25) is 0 Å². The third kappa shape index (κ3) is 2.85. The van der Waals surface area contributed by atoms with Crippen LogP contribution in [0.5, 0.6) is 0 Å².